The van der Waals surface area contributed by atoms with E-state index >= 15 is 0 Å². The topological polar surface area (TPSA) is 38.9 Å². The minimum absolute atomic E-state index is 0.306. The predicted molar refractivity (Wildman–Crippen MR) is 49.2 cm³/mol. The van der Waals surface area contributed by atoms with E-state index in [1.807, 2.05) is 12.1 Å². The molecular weight excluding hydrogens is 172 g/mol. The standard InChI is InChI=1S/C9H11ClN2/c10-9-4-1-6-5-7(11)2-3-8(6)12-9/h1,4,7H,2-3,5,11H2/t7-/m1/s1. The van der Waals surface area contributed by atoms with E-state index < -0.39 is 0 Å². The summed E-state index contributed by atoms with van der Waals surface area (Å²) >= 11 is 5.77. The molecule has 12 heavy (non-hydrogen) atoms. The van der Waals surface area contributed by atoms with Crippen molar-refractivity contribution < 1.29 is 0 Å². The van der Waals surface area contributed by atoms with Gasteiger partial charge in [0.2, 0.25) is 0 Å². The van der Waals surface area contributed by atoms with Crippen LogP contribution in [0.25, 0.3) is 0 Å². The van der Waals surface area contributed by atoms with Crippen molar-refractivity contribution in [2.75, 3.05) is 0 Å². The van der Waals surface area contributed by atoms with Crippen molar-refractivity contribution in [1.29, 1.82) is 0 Å². The van der Waals surface area contributed by atoms with Crippen LogP contribution >= 0.6 is 11.6 Å². The average molecular weight is 183 g/mol. The van der Waals surface area contributed by atoms with E-state index in [2.05, 4.69) is 4.98 Å². The highest BCUT2D eigenvalue weighted by atomic mass is 35.5. The van der Waals surface area contributed by atoms with Crippen molar-refractivity contribution in [3.05, 3.63) is 28.5 Å². The fourth-order valence-corrected chi connectivity index (χ4v) is 1.78. The molecule has 0 aromatic carbocycles. The van der Waals surface area contributed by atoms with Crippen LogP contribution in [0.4, 0.5) is 0 Å². The van der Waals surface area contributed by atoms with E-state index in [1.165, 1.54) is 5.56 Å². The van der Waals surface area contributed by atoms with Gasteiger partial charge in [0.1, 0.15) is 5.15 Å². The Labute approximate surface area is 76.7 Å². The summed E-state index contributed by atoms with van der Waals surface area (Å²) in [6.07, 6.45) is 2.94. The van der Waals surface area contributed by atoms with E-state index in [0.29, 0.717) is 11.2 Å². The molecule has 3 heteroatoms. The van der Waals surface area contributed by atoms with Gasteiger partial charge in [-0.05, 0) is 30.9 Å². The van der Waals surface area contributed by atoms with Crippen molar-refractivity contribution in [2.24, 2.45) is 5.73 Å². The lowest BCUT2D eigenvalue weighted by Gasteiger charge is -2.20. The first kappa shape index (κ1) is 8.02. The summed E-state index contributed by atoms with van der Waals surface area (Å²) in [5, 5.41) is 0.587. The smallest absolute Gasteiger partial charge is 0.129 e. The van der Waals surface area contributed by atoms with Crippen molar-refractivity contribution in [2.45, 2.75) is 25.3 Å². The first-order valence-electron chi connectivity index (χ1n) is 4.15. The predicted octanol–water partition coefficient (Wildman–Crippen LogP) is 1.55. The molecule has 64 valence electrons. The number of nitrogens with zero attached hydrogens (tertiary/aromatic N) is 1. The first-order chi connectivity index (χ1) is 5.75. The van der Waals surface area contributed by atoms with Crippen LogP contribution in [0.15, 0.2) is 12.1 Å². The maximum absolute atomic E-state index is 5.83. The Morgan fingerprint density at radius 1 is 1.50 bits per heavy atom. The highest BCUT2D eigenvalue weighted by molar-refractivity contribution is 6.29. The van der Waals surface area contributed by atoms with Gasteiger partial charge in [-0.1, -0.05) is 17.7 Å². The highest BCUT2D eigenvalue weighted by Crippen LogP contribution is 2.20. The Morgan fingerprint density at radius 2 is 2.33 bits per heavy atom. The molecule has 0 unspecified atom stereocenters. The van der Waals surface area contributed by atoms with Crippen LogP contribution in [0, 0.1) is 0 Å². The summed E-state index contributed by atoms with van der Waals surface area (Å²) in [7, 11) is 0. The van der Waals surface area contributed by atoms with Gasteiger partial charge in [-0.2, -0.15) is 0 Å². The zero-order valence-corrected chi connectivity index (χ0v) is 7.51. The van der Waals surface area contributed by atoms with Gasteiger partial charge < -0.3 is 5.73 Å². The summed E-state index contributed by atoms with van der Waals surface area (Å²) in [5.41, 5.74) is 8.22. The number of nitrogens with two attached hydrogens (primary N) is 1. The fourth-order valence-electron chi connectivity index (χ4n) is 1.61. The van der Waals surface area contributed by atoms with Gasteiger partial charge in [-0.15, -0.1) is 0 Å². The quantitative estimate of drug-likeness (QED) is 0.619. The second kappa shape index (κ2) is 3.04. The maximum Gasteiger partial charge on any atom is 0.129 e. The molecule has 1 heterocycles. The zero-order valence-electron chi connectivity index (χ0n) is 6.76. The molecule has 2 rings (SSSR count). The van der Waals surface area contributed by atoms with Gasteiger partial charge in [0.25, 0.3) is 0 Å². The lowest BCUT2D eigenvalue weighted by Crippen LogP contribution is -2.28. The van der Waals surface area contributed by atoms with E-state index in [9.17, 15) is 0 Å². The number of hydrogen-bond donors (Lipinski definition) is 1. The Kier molecular flexibility index (Phi) is 2.03. The van der Waals surface area contributed by atoms with E-state index in [0.717, 1.165) is 25.0 Å². The molecule has 0 aliphatic heterocycles. The number of aromatic nitrogens is 1. The number of rotatable bonds is 0. The molecule has 0 saturated heterocycles. The second-order valence-electron chi connectivity index (χ2n) is 3.24. The Balaban J connectivity index is 2.37. The van der Waals surface area contributed by atoms with Gasteiger partial charge in [0.05, 0.1) is 0 Å². The van der Waals surface area contributed by atoms with Crippen molar-refractivity contribution in [1.82, 2.24) is 4.98 Å². The fraction of sp³-hybridized carbons (Fsp3) is 0.444. The van der Waals surface area contributed by atoms with Crippen LogP contribution in [0.5, 0.6) is 0 Å². The summed E-state index contributed by atoms with van der Waals surface area (Å²) in [6.45, 7) is 0. The third-order valence-electron chi connectivity index (χ3n) is 2.27. The molecule has 0 bridgehead atoms. The lowest BCUT2D eigenvalue weighted by molar-refractivity contribution is 0.567. The molecule has 1 aliphatic rings. The van der Waals surface area contributed by atoms with E-state index in [-0.39, 0.29) is 0 Å². The van der Waals surface area contributed by atoms with Crippen molar-refractivity contribution in [3.8, 4) is 0 Å². The number of halogens is 1. The number of fused-ring (bicyclic) bond motifs is 1. The third kappa shape index (κ3) is 1.45. The maximum atomic E-state index is 5.83. The van der Waals surface area contributed by atoms with Crippen LogP contribution < -0.4 is 5.73 Å². The molecule has 0 fully saturated rings. The number of pyridine rings is 1. The molecule has 2 N–H and O–H groups in total. The van der Waals surface area contributed by atoms with Crippen LogP contribution in [-0.2, 0) is 12.8 Å². The minimum Gasteiger partial charge on any atom is -0.327 e. The highest BCUT2D eigenvalue weighted by Gasteiger charge is 2.16. The van der Waals surface area contributed by atoms with Crippen LogP contribution in [0.1, 0.15) is 17.7 Å². The van der Waals surface area contributed by atoms with Crippen LogP contribution in [0.2, 0.25) is 5.15 Å². The minimum atomic E-state index is 0.306. The lowest BCUT2D eigenvalue weighted by atomic mass is 9.93. The van der Waals surface area contributed by atoms with Gasteiger partial charge >= 0.3 is 0 Å². The zero-order chi connectivity index (χ0) is 8.55. The first-order valence-corrected chi connectivity index (χ1v) is 4.53. The molecule has 1 aliphatic carbocycles. The number of hydrogen-bond acceptors (Lipinski definition) is 2. The molecule has 0 saturated carbocycles. The summed E-state index contributed by atoms with van der Waals surface area (Å²) in [4.78, 5) is 4.26. The molecule has 1 aromatic heterocycles. The Hall–Kier alpha value is -0.600. The van der Waals surface area contributed by atoms with Crippen LogP contribution in [0.3, 0.4) is 0 Å². The molecule has 0 amide bonds. The van der Waals surface area contributed by atoms with Crippen molar-refractivity contribution in [3.63, 3.8) is 0 Å². The molecule has 0 radical (unpaired) electrons. The van der Waals surface area contributed by atoms with E-state index in [4.69, 9.17) is 17.3 Å². The normalized spacial score (nSPS) is 22.0. The summed E-state index contributed by atoms with van der Waals surface area (Å²) < 4.78 is 0. The average Bonchev–Trinajstić information content (AvgIpc) is 2.05. The summed E-state index contributed by atoms with van der Waals surface area (Å²) in [6, 6.07) is 4.17. The summed E-state index contributed by atoms with van der Waals surface area (Å²) in [5.74, 6) is 0. The molecule has 0 spiro atoms. The largest absolute Gasteiger partial charge is 0.327 e. The van der Waals surface area contributed by atoms with E-state index in [1.54, 1.807) is 0 Å². The van der Waals surface area contributed by atoms with Gasteiger partial charge in [-0.25, -0.2) is 4.98 Å². The Bertz CT molecular complexity index is 299. The third-order valence-corrected chi connectivity index (χ3v) is 2.48. The van der Waals surface area contributed by atoms with Gasteiger partial charge in [-0.3, -0.25) is 0 Å². The van der Waals surface area contributed by atoms with Crippen molar-refractivity contribution >= 4 is 11.6 Å². The molecular formula is C9H11ClN2. The molecule has 2 nitrogen and oxygen atoms in total. The Morgan fingerprint density at radius 3 is 3.17 bits per heavy atom. The second-order valence-corrected chi connectivity index (χ2v) is 3.63. The number of aryl methyl sites for hydroxylation is 1. The van der Waals surface area contributed by atoms with Gasteiger partial charge in [0.15, 0.2) is 0 Å². The SMILES string of the molecule is N[C@@H]1CCc2nc(Cl)ccc2C1. The molecule has 1 aromatic rings. The monoisotopic (exact) mass is 182 g/mol. The molecule has 1 atom stereocenters. The van der Waals surface area contributed by atoms with Crippen LogP contribution in [-0.4, -0.2) is 11.0 Å². The van der Waals surface area contributed by atoms with Gasteiger partial charge in [0, 0.05) is 11.7 Å².